The van der Waals surface area contributed by atoms with Gasteiger partial charge in [0.1, 0.15) is 17.8 Å². The zero-order valence-corrected chi connectivity index (χ0v) is 13.5. The summed E-state index contributed by atoms with van der Waals surface area (Å²) >= 11 is 0. The highest BCUT2D eigenvalue weighted by Crippen LogP contribution is 2.15. The number of aryl methyl sites for hydroxylation is 1. The quantitative estimate of drug-likeness (QED) is 0.732. The van der Waals surface area contributed by atoms with Gasteiger partial charge in [0.05, 0.1) is 0 Å². The van der Waals surface area contributed by atoms with Crippen molar-refractivity contribution in [2.45, 2.75) is 19.8 Å². The number of nitrogens with zero attached hydrogens (tertiary/aromatic N) is 2. The summed E-state index contributed by atoms with van der Waals surface area (Å²) in [5, 5.41) is 5.98. The Morgan fingerprint density at radius 1 is 1.22 bits per heavy atom. The minimum Gasteiger partial charge on any atom is -0.385 e. The van der Waals surface area contributed by atoms with Crippen molar-refractivity contribution in [2.24, 2.45) is 0 Å². The van der Waals surface area contributed by atoms with Crippen molar-refractivity contribution in [1.29, 1.82) is 0 Å². The number of rotatable bonds is 8. The van der Waals surface area contributed by atoms with Crippen LogP contribution in [0, 0.1) is 0 Å². The first-order valence-electron chi connectivity index (χ1n) is 7.68. The van der Waals surface area contributed by atoms with Crippen LogP contribution in [-0.2, 0) is 11.2 Å². The molecule has 1 heterocycles. The van der Waals surface area contributed by atoms with E-state index in [1.165, 1.54) is 11.9 Å². The van der Waals surface area contributed by atoms with Crippen molar-refractivity contribution in [1.82, 2.24) is 15.3 Å². The van der Waals surface area contributed by atoms with E-state index in [0.717, 1.165) is 18.5 Å². The van der Waals surface area contributed by atoms with Crippen LogP contribution >= 0.6 is 0 Å². The summed E-state index contributed by atoms with van der Waals surface area (Å²) in [7, 11) is 1.64. The Hall–Kier alpha value is -2.47. The molecule has 0 spiro atoms. The number of ether oxygens (including phenoxy) is 1. The van der Waals surface area contributed by atoms with Crippen LogP contribution in [0.5, 0.6) is 0 Å². The normalized spacial score (nSPS) is 10.3. The second-order valence-electron chi connectivity index (χ2n) is 5.07. The predicted molar refractivity (Wildman–Crippen MR) is 90.0 cm³/mol. The molecule has 0 bridgehead atoms. The third-order valence-electron chi connectivity index (χ3n) is 3.35. The molecule has 0 saturated carbocycles. The molecule has 0 atom stereocenters. The van der Waals surface area contributed by atoms with E-state index in [0.29, 0.717) is 24.7 Å². The number of hydrogen-bond acceptors (Lipinski definition) is 5. The van der Waals surface area contributed by atoms with Gasteiger partial charge in [0, 0.05) is 32.0 Å². The average molecular weight is 314 g/mol. The van der Waals surface area contributed by atoms with Gasteiger partial charge in [-0.3, -0.25) is 4.79 Å². The number of nitrogens with one attached hydrogen (secondary N) is 2. The van der Waals surface area contributed by atoms with Gasteiger partial charge in [-0.05, 0) is 30.5 Å². The molecular formula is C17H22N4O2. The van der Waals surface area contributed by atoms with Crippen molar-refractivity contribution in [3.8, 4) is 0 Å². The van der Waals surface area contributed by atoms with E-state index in [9.17, 15) is 4.79 Å². The molecule has 1 aromatic carbocycles. The van der Waals surface area contributed by atoms with Crippen molar-refractivity contribution < 1.29 is 9.53 Å². The Bertz CT molecular complexity index is 629. The fourth-order valence-electron chi connectivity index (χ4n) is 2.03. The fourth-order valence-corrected chi connectivity index (χ4v) is 2.03. The topological polar surface area (TPSA) is 76.1 Å². The van der Waals surface area contributed by atoms with Crippen LogP contribution in [0.3, 0.4) is 0 Å². The maximum Gasteiger partial charge on any atom is 0.270 e. The van der Waals surface area contributed by atoms with Crippen LogP contribution in [-0.4, -0.2) is 36.1 Å². The van der Waals surface area contributed by atoms with Gasteiger partial charge in [-0.15, -0.1) is 0 Å². The molecule has 6 nitrogen and oxygen atoms in total. The van der Waals surface area contributed by atoms with Gasteiger partial charge in [-0.1, -0.05) is 19.1 Å². The lowest BCUT2D eigenvalue weighted by atomic mass is 10.1. The van der Waals surface area contributed by atoms with E-state index in [2.05, 4.69) is 39.7 Å². The van der Waals surface area contributed by atoms with Crippen LogP contribution < -0.4 is 10.6 Å². The summed E-state index contributed by atoms with van der Waals surface area (Å²) in [4.78, 5) is 20.2. The van der Waals surface area contributed by atoms with Crippen LogP contribution in [0.2, 0.25) is 0 Å². The van der Waals surface area contributed by atoms with E-state index in [4.69, 9.17) is 4.74 Å². The van der Waals surface area contributed by atoms with E-state index in [1.807, 2.05) is 12.1 Å². The maximum atomic E-state index is 12.0. The molecule has 6 heteroatoms. The number of carbonyl (C=O) groups is 1. The molecule has 0 saturated heterocycles. The van der Waals surface area contributed by atoms with Crippen molar-refractivity contribution >= 4 is 17.4 Å². The lowest BCUT2D eigenvalue weighted by Crippen LogP contribution is -2.26. The van der Waals surface area contributed by atoms with Gasteiger partial charge in [0.15, 0.2) is 0 Å². The average Bonchev–Trinajstić information content (AvgIpc) is 2.59. The zero-order chi connectivity index (χ0) is 16.5. The highest BCUT2D eigenvalue weighted by atomic mass is 16.5. The third kappa shape index (κ3) is 5.34. The number of carbonyl (C=O) groups excluding carboxylic acids is 1. The molecule has 0 unspecified atom stereocenters. The van der Waals surface area contributed by atoms with Crippen molar-refractivity contribution in [2.75, 3.05) is 25.6 Å². The predicted octanol–water partition coefficient (Wildman–Crippen LogP) is 2.55. The monoisotopic (exact) mass is 314 g/mol. The molecular weight excluding hydrogens is 292 g/mol. The van der Waals surface area contributed by atoms with Gasteiger partial charge in [0.2, 0.25) is 0 Å². The SMILES string of the molecule is CCc1ccc(Nc2cc(C(=O)NCCCOC)ncn2)cc1. The molecule has 2 rings (SSSR count). The number of amides is 1. The molecule has 1 aromatic heterocycles. The summed E-state index contributed by atoms with van der Waals surface area (Å²) in [6, 6.07) is 9.75. The van der Waals surface area contributed by atoms with Crippen LogP contribution in [0.25, 0.3) is 0 Å². The van der Waals surface area contributed by atoms with Crippen molar-refractivity contribution in [3.63, 3.8) is 0 Å². The molecule has 1 amide bonds. The largest absolute Gasteiger partial charge is 0.385 e. The summed E-state index contributed by atoms with van der Waals surface area (Å²) in [6.45, 7) is 3.28. The van der Waals surface area contributed by atoms with Gasteiger partial charge in [0.25, 0.3) is 5.91 Å². The maximum absolute atomic E-state index is 12.0. The molecule has 0 fully saturated rings. The van der Waals surface area contributed by atoms with E-state index in [-0.39, 0.29) is 5.91 Å². The molecule has 2 aromatic rings. The lowest BCUT2D eigenvalue weighted by molar-refractivity contribution is 0.0943. The van der Waals surface area contributed by atoms with Crippen molar-refractivity contribution in [3.05, 3.63) is 47.9 Å². The number of aromatic nitrogens is 2. The highest BCUT2D eigenvalue weighted by Gasteiger charge is 2.08. The van der Waals surface area contributed by atoms with E-state index >= 15 is 0 Å². The first kappa shape index (κ1) is 16.9. The third-order valence-corrected chi connectivity index (χ3v) is 3.35. The Morgan fingerprint density at radius 2 is 2.00 bits per heavy atom. The van der Waals surface area contributed by atoms with Crippen LogP contribution in [0.1, 0.15) is 29.4 Å². The Balaban J connectivity index is 1.96. The van der Waals surface area contributed by atoms with Gasteiger partial charge >= 0.3 is 0 Å². The fraction of sp³-hybridized carbons (Fsp3) is 0.353. The summed E-state index contributed by atoms with van der Waals surface area (Å²) < 4.78 is 4.94. The number of hydrogen-bond donors (Lipinski definition) is 2. The Morgan fingerprint density at radius 3 is 2.70 bits per heavy atom. The van der Waals surface area contributed by atoms with E-state index < -0.39 is 0 Å². The minimum atomic E-state index is -0.215. The van der Waals surface area contributed by atoms with Crippen LogP contribution in [0.4, 0.5) is 11.5 Å². The second kappa shape index (κ2) is 8.85. The number of benzene rings is 1. The molecule has 0 aliphatic rings. The summed E-state index contributed by atoms with van der Waals surface area (Å²) in [5.74, 6) is 0.374. The first-order valence-corrected chi connectivity index (χ1v) is 7.68. The highest BCUT2D eigenvalue weighted by molar-refractivity contribution is 5.92. The smallest absolute Gasteiger partial charge is 0.270 e. The van der Waals surface area contributed by atoms with E-state index in [1.54, 1.807) is 13.2 Å². The van der Waals surface area contributed by atoms with Crippen LogP contribution in [0.15, 0.2) is 36.7 Å². The number of methoxy groups -OCH3 is 1. The lowest BCUT2D eigenvalue weighted by Gasteiger charge is -2.08. The molecule has 0 radical (unpaired) electrons. The zero-order valence-electron chi connectivity index (χ0n) is 13.5. The molecule has 0 aliphatic heterocycles. The van der Waals surface area contributed by atoms with Gasteiger partial charge in [-0.2, -0.15) is 0 Å². The van der Waals surface area contributed by atoms with Gasteiger partial charge < -0.3 is 15.4 Å². The molecule has 0 aliphatic carbocycles. The molecule has 122 valence electrons. The minimum absolute atomic E-state index is 0.215. The molecule has 2 N–H and O–H groups in total. The summed E-state index contributed by atoms with van der Waals surface area (Å²) in [5.41, 5.74) is 2.53. The Labute approximate surface area is 136 Å². The number of anilines is 2. The van der Waals surface area contributed by atoms with Gasteiger partial charge in [-0.25, -0.2) is 9.97 Å². The summed E-state index contributed by atoms with van der Waals surface area (Å²) in [6.07, 6.45) is 3.15. The standard InChI is InChI=1S/C17H22N4O2/c1-3-13-5-7-14(8-6-13)21-16-11-15(19-12-20-16)17(22)18-9-4-10-23-2/h5-8,11-12H,3-4,9-10H2,1-2H3,(H,18,22)(H,19,20,21). The second-order valence-corrected chi connectivity index (χ2v) is 5.07. The Kier molecular flexibility index (Phi) is 6.50. The molecule has 23 heavy (non-hydrogen) atoms. The first-order chi connectivity index (χ1) is 11.2.